The van der Waals surface area contributed by atoms with Crippen LogP contribution in [0.5, 0.6) is 0 Å². The largest absolute Gasteiger partial charge is 0.441 e. The standard InChI is InChI=1S/C30H30N4O3/c1-23(2)13-12-20-34-27(21-32-33-31)28(37-29(34)35)22-36-30(24-14-6-3-7-15-24,25-16-8-4-9-17-25)26-18-10-5-11-19-26/h3-11,14-19,23,27-28H,20-22H2,1-2H3/t27-,28-/m1/s1. The van der Waals surface area contributed by atoms with Gasteiger partial charge in [0.2, 0.25) is 0 Å². The van der Waals surface area contributed by atoms with Gasteiger partial charge >= 0.3 is 6.09 Å². The summed E-state index contributed by atoms with van der Waals surface area (Å²) in [6, 6.07) is 29.5. The SMILES string of the molecule is CC(C)C#CCN1C(=O)O[C@H](COC(c2ccccc2)(c2ccccc2)c2ccccc2)[C@H]1CN=[N+]=[N-]. The second kappa shape index (κ2) is 12.1. The van der Waals surface area contributed by atoms with Crippen molar-refractivity contribution in [2.75, 3.05) is 19.7 Å². The number of carbonyl (C=O) groups is 1. The summed E-state index contributed by atoms with van der Waals surface area (Å²) in [7, 11) is 0. The van der Waals surface area contributed by atoms with Crippen LogP contribution in [-0.4, -0.2) is 42.8 Å². The molecule has 0 spiro atoms. The third kappa shape index (κ3) is 5.78. The molecule has 3 aromatic rings. The van der Waals surface area contributed by atoms with Crippen molar-refractivity contribution in [2.24, 2.45) is 11.0 Å². The summed E-state index contributed by atoms with van der Waals surface area (Å²) in [5.41, 5.74) is 10.9. The van der Waals surface area contributed by atoms with Gasteiger partial charge in [-0.3, -0.25) is 4.90 Å². The average molecular weight is 495 g/mol. The summed E-state index contributed by atoms with van der Waals surface area (Å²) >= 11 is 0. The Labute approximate surface area is 217 Å². The van der Waals surface area contributed by atoms with Gasteiger partial charge in [-0.15, -0.1) is 0 Å². The van der Waals surface area contributed by atoms with Crippen molar-refractivity contribution in [3.63, 3.8) is 0 Å². The van der Waals surface area contributed by atoms with E-state index in [1.54, 1.807) is 0 Å². The molecular weight excluding hydrogens is 464 g/mol. The second-order valence-electron chi connectivity index (χ2n) is 9.10. The molecular formula is C30H30N4O3. The van der Waals surface area contributed by atoms with Crippen LogP contribution in [0.25, 0.3) is 10.4 Å². The molecule has 0 unspecified atom stereocenters. The minimum absolute atomic E-state index is 0.0641. The second-order valence-corrected chi connectivity index (χ2v) is 9.10. The van der Waals surface area contributed by atoms with Crippen LogP contribution in [0.15, 0.2) is 96.1 Å². The molecule has 1 amide bonds. The van der Waals surface area contributed by atoms with Gasteiger partial charge in [-0.2, -0.15) is 0 Å². The zero-order chi connectivity index (χ0) is 26.1. The first kappa shape index (κ1) is 25.8. The lowest BCUT2D eigenvalue weighted by Gasteiger charge is -2.37. The Kier molecular flexibility index (Phi) is 8.48. The van der Waals surface area contributed by atoms with Crippen LogP contribution in [0.1, 0.15) is 30.5 Å². The average Bonchev–Trinajstić information content (AvgIpc) is 3.23. The molecule has 1 heterocycles. The first-order valence-electron chi connectivity index (χ1n) is 12.3. The fourth-order valence-electron chi connectivity index (χ4n) is 4.59. The first-order chi connectivity index (χ1) is 18.1. The summed E-state index contributed by atoms with van der Waals surface area (Å²) in [6.45, 7) is 4.32. The maximum absolute atomic E-state index is 12.8. The van der Waals surface area contributed by atoms with E-state index in [4.69, 9.17) is 15.0 Å². The summed E-state index contributed by atoms with van der Waals surface area (Å²) in [5, 5.41) is 3.75. The van der Waals surface area contributed by atoms with Crippen molar-refractivity contribution in [1.82, 2.24) is 4.90 Å². The quantitative estimate of drug-likeness (QED) is 0.117. The molecule has 1 aliphatic rings. The van der Waals surface area contributed by atoms with E-state index in [1.165, 1.54) is 4.90 Å². The molecule has 37 heavy (non-hydrogen) atoms. The van der Waals surface area contributed by atoms with E-state index in [-0.39, 0.29) is 25.6 Å². The molecule has 1 fully saturated rings. The lowest BCUT2D eigenvalue weighted by molar-refractivity contribution is -0.0368. The third-order valence-corrected chi connectivity index (χ3v) is 6.29. The predicted molar refractivity (Wildman–Crippen MR) is 143 cm³/mol. The lowest BCUT2D eigenvalue weighted by atomic mass is 9.80. The Balaban J connectivity index is 1.72. The lowest BCUT2D eigenvalue weighted by Crippen LogP contribution is -2.43. The van der Waals surface area contributed by atoms with E-state index in [0.29, 0.717) is 0 Å². The van der Waals surface area contributed by atoms with Crippen molar-refractivity contribution in [1.29, 1.82) is 0 Å². The molecule has 7 heteroatoms. The van der Waals surface area contributed by atoms with Gasteiger partial charge in [-0.1, -0.05) is 122 Å². The summed E-state index contributed by atoms with van der Waals surface area (Å²) in [5.74, 6) is 6.28. The number of hydrogen-bond donors (Lipinski definition) is 0. The highest BCUT2D eigenvalue weighted by atomic mass is 16.6. The molecule has 2 atom stereocenters. The van der Waals surface area contributed by atoms with Crippen LogP contribution >= 0.6 is 0 Å². The number of azide groups is 1. The van der Waals surface area contributed by atoms with Gasteiger partial charge < -0.3 is 9.47 Å². The summed E-state index contributed by atoms with van der Waals surface area (Å²) in [4.78, 5) is 17.2. The molecule has 0 N–H and O–H groups in total. The highest BCUT2D eigenvalue weighted by Crippen LogP contribution is 2.41. The van der Waals surface area contributed by atoms with Crippen molar-refractivity contribution in [3.8, 4) is 11.8 Å². The van der Waals surface area contributed by atoms with Gasteiger partial charge in [0.1, 0.15) is 11.7 Å². The van der Waals surface area contributed by atoms with Crippen LogP contribution < -0.4 is 0 Å². The summed E-state index contributed by atoms with van der Waals surface area (Å²) < 4.78 is 12.6. The molecule has 4 rings (SSSR count). The molecule has 0 saturated carbocycles. The van der Waals surface area contributed by atoms with Crippen molar-refractivity contribution >= 4 is 6.09 Å². The monoisotopic (exact) mass is 494 g/mol. The Bertz CT molecular complexity index is 1180. The van der Waals surface area contributed by atoms with E-state index < -0.39 is 23.8 Å². The number of benzene rings is 3. The highest BCUT2D eigenvalue weighted by molar-refractivity contribution is 5.71. The third-order valence-electron chi connectivity index (χ3n) is 6.29. The van der Waals surface area contributed by atoms with Crippen LogP contribution in [0, 0.1) is 17.8 Å². The van der Waals surface area contributed by atoms with Gasteiger partial charge in [-0.25, -0.2) is 4.79 Å². The van der Waals surface area contributed by atoms with E-state index >= 15 is 0 Å². The van der Waals surface area contributed by atoms with Crippen molar-refractivity contribution in [3.05, 3.63) is 118 Å². The van der Waals surface area contributed by atoms with Crippen molar-refractivity contribution < 1.29 is 14.3 Å². The number of ether oxygens (including phenoxy) is 2. The van der Waals surface area contributed by atoms with Crippen LogP contribution in [-0.2, 0) is 15.1 Å². The van der Waals surface area contributed by atoms with Crippen LogP contribution in [0.3, 0.4) is 0 Å². The van der Waals surface area contributed by atoms with Crippen molar-refractivity contribution in [2.45, 2.75) is 31.6 Å². The van der Waals surface area contributed by atoms with E-state index in [9.17, 15) is 4.79 Å². The number of amides is 1. The zero-order valence-corrected chi connectivity index (χ0v) is 21.0. The van der Waals surface area contributed by atoms with Gasteiger partial charge in [0.25, 0.3) is 0 Å². The van der Waals surface area contributed by atoms with E-state index in [2.05, 4.69) is 21.9 Å². The minimum Gasteiger partial charge on any atom is -0.441 e. The number of nitrogens with zero attached hydrogens (tertiary/aromatic N) is 4. The Hall–Kier alpha value is -4.24. The van der Waals surface area contributed by atoms with Gasteiger partial charge in [0.05, 0.1) is 25.7 Å². The summed E-state index contributed by atoms with van der Waals surface area (Å²) in [6.07, 6.45) is -1.14. The topological polar surface area (TPSA) is 87.5 Å². The fraction of sp³-hybridized carbons (Fsp3) is 0.300. The smallest absolute Gasteiger partial charge is 0.411 e. The molecule has 0 bridgehead atoms. The Morgan fingerprint density at radius 3 is 1.95 bits per heavy atom. The molecule has 0 aromatic heterocycles. The molecule has 3 aromatic carbocycles. The maximum Gasteiger partial charge on any atom is 0.411 e. The van der Waals surface area contributed by atoms with Gasteiger partial charge in [0.15, 0.2) is 0 Å². The molecule has 1 aliphatic heterocycles. The molecule has 1 saturated heterocycles. The first-order valence-corrected chi connectivity index (χ1v) is 12.3. The zero-order valence-electron chi connectivity index (χ0n) is 21.0. The highest BCUT2D eigenvalue weighted by Gasteiger charge is 2.44. The normalized spacial score (nSPS) is 17.1. The Morgan fingerprint density at radius 2 is 1.49 bits per heavy atom. The number of carbonyl (C=O) groups excluding carboxylic acids is 1. The Morgan fingerprint density at radius 1 is 0.973 bits per heavy atom. The van der Waals surface area contributed by atoms with Gasteiger partial charge in [-0.05, 0) is 22.2 Å². The number of rotatable bonds is 9. The molecule has 188 valence electrons. The minimum atomic E-state index is -0.954. The molecule has 7 nitrogen and oxygen atoms in total. The predicted octanol–water partition coefficient (Wildman–Crippen LogP) is 6.15. The van der Waals surface area contributed by atoms with Crippen LogP contribution in [0.2, 0.25) is 0 Å². The number of cyclic esters (lactones) is 1. The van der Waals surface area contributed by atoms with Crippen LogP contribution in [0.4, 0.5) is 4.79 Å². The number of hydrogen-bond acceptors (Lipinski definition) is 4. The molecule has 0 aliphatic carbocycles. The van der Waals surface area contributed by atoms with E-state index in [1.807, 2.05) is 105 Å². The fourth-order valence-corrected chi connectivity index (χ4v) is 4.59. The van der Waals surface area contributed by atoms with Gasteiger partial charge in [0, 0.05) is 10.8 Å². The molecule has 0 radical (unpaired) electrons. The van der Waals surface area contributed by atoms with E-state index in [0.717, 1.165) is 16.7 Å². The maximum atomic E-state index is 12.8.